The first-order valence-corrected chi connectivity index (χ1v) is 9.16. The first-order valence-electron chi connectivity index (χ1n) is 8.18. The Morgan fingerprint density at radius 3 is 2.50 bits per heavy atom. The average molecular weight is 380 g/mol. The van der Waals surface area contributed by atoms with Crippen molar-refractivity contribution in [2.24, 2.45) is 0 Å². The Labute approximate surface area is 155 Å². The van der Waals surface area contributed by atoms with Crippen LogP contribution in [0.3, 0.4) is 0 Å². The van der Waals surface area contributed by atoms with Crippen molar-refractivity contribution in [2.45, 2.75) is 13.3 Å². The lowest BCUT2D eigenvalue weighted by Crippen LogP contribution is -2.33. The number of benzene rings is 1. The van der Waals surface area contributed by atoms with E-state index in [9.17, 15) is 19.7 Å². The van der Waals surface area contributed by atoms with Gasteiger partial charge < -0.3 is 9.84 Å². The first-order chi connectivity index (χ1) is 12.5. The largest absolute Gasteiger partial charge is 0.396 e. The normalized spacial score (nSPS) is 14.5. The van der Waals surface area contributed by atoms with Crippen LogP contribution in [0.15, 0.2) is 29.2 Å². The molecular weight excluding hydrogens is 360 g/mol. The quantitative estimate of drug-likeness (QED) is 0.285. The van der Waals surface area contributed by atoms with Crippen molar-refractivity contribution in [2.75, 3.05) is 32.1 Å². The monoisotopic (exact) mass is 380 g/mol. The van der Waals surface area contributed by atoms with Gasteiger partial charge in [0.05, 0.1) is 22.0 Å². The minimum Gasteiger partial charge on any atom is -0.396 e. The number of rotatable bonds is 10. The van der Waals surface area contributed by atoms with Gasteiger partial charge in [-0.15, -0.1) is 11.8 Å². The van der Waals surface area contributed by atoms with Gasteiger partial charge in [-0.3, -0.25) is 24.6 Å². The number of non-ortho nitro benzene ring substituents is 1. The highest BCUT2D eigenvalue weighted by Gasteiger charge is 2.38. The summed E-state index contributed by atoms with van der Waals surface area (Å²) >= 11 is 1.11. The van der Waals surface area contributed by atoms with Gasteiger partial charge >= 0.3 is 0 Å². The zero-order chi connectivity index (χ0) is 19.1. The van der Waals surface area contributed by atoms with Crippen LogP contribution in [0.5, 0.6) is 0 Å². The number of ether oxygens (including phenoxy) is 1. The third-order valence-electron chi connectivity index (χ3n) is 3.70. The maximum atomic E-state index is 12.8. The van der Waals surface area contributed by atoms with Crippen molar-refractivity contribution in [3.05, 3.63) is 44.8 Å². The number of hydrogen-bond donors (Lipinski definition) is 1. The van der Waals surface area contributed by atoms with Gasteiger partial charge in [-0.2, -0.15) is 0 Å². The molecule has 2 amide bonds. The van der Waals surface area contributed by atoms with E-state index in [0.29, 0.717) is 25.2 Å². The van der Waals surface area contributed by atoms with Crippen molar-refractivity contribution in [1.82, 2.24) is 4.90 Å². The number of nitro groups is 1. The number of amides is 2. The SMILES string of the molecule is CCOCCCN1C(=O)C(SCCO)=C(c2ccc([N+](=O)[O-])cc2)C1=O. The standard InChI is InChI=1S/C17H20N2O6S/c1-2-25-10-3-8-18-16(21)14(15(17(18)22)26-11-9-20)12-4-6-13(7-5-12)19(23)24/h4-7,20H,2-3,8-11H2,1H3. The molecule has 0 bridgehead atoms. The molecule has 0 saturated carbocycles. The molecule has 1 aliphatic rings. The minimum absolute atomic E-state index is 0.0933. The molecule has 0 saturated heterocycles. The van der Waals surface area contributed by atoms with E-state index in [0.717, 1.165) is 16.7 Å². The van der Waals surface area contributed by atoms with Crippen LogP contribution in [0, 0.1) is 10.1 Å². The van der Waals surface area contributed by atoms with Gasteiger partial charge in [-0.1, -0.05) is 0 Å². The molecular formula is C17H20N2O6S. The highest BCUT2D eigenvalue weighted by Crippen LogP contribution is 2.36. The topological polar surface area (TPSA) is 110 Å². The van der Waals surface area contributed by atoms with Crippen molar-refractivity contribution in [1.29, 1.82) is 0 Å². The maximum Gasteiger partial charge on any atom is 0.269 e. The Bertz CT molecular complexity index is 716. The molecule has 26 heavy (non-hydrogen) atoms. The lowest BCUT2D eigenvalue weighted by Gasteiger charge is -2.14. The predicted octanol–water partition coefficient (Wildman–Crippen LogP) is 1.83. The summed E-state index contributed by atoms with van der Waals surface area (Å²) in [6.07, 6.45) is 0.525. The molecule has 0 aliphatic carbocycles. The maximum absolute atomic E-state index is 12.8. The smallest absolute Gasteiger partial charge is 0.269 e. The minimum atomic E-state index is -0.527. The van der Waals surface area contributed by atoms with Gasteiger partial charge in [0.25, 0.3) is 17.5 Å². The summed E-state index contributed by atoms with van der Waals surface area (Å²) in [4.78, 5) is 37.1. The number of carbonyl (C=O) groups is 2. The second kappa shape index (κ2) is 9.46. The Kier molecular flexibility index (Phi) is 7.31. The summed E-state index contributed by atoms with van der Waals surface area (Å²) in [5.41, 5.74) is 0.575. The van der Waals surface area contributed by atoms with Crippen molar-refractivity contribution in [3.63, 3.8) is 0 Å². The molecule has 8 nitrogen and oxygen atoms in total. The van der Waals surface area contributed by atoms with Crippen LogP contribution in [-0.4, -0.2) is 58.9 Å². The van der Waals surface area contributed by atoms with Gasteiger partial charge in [0.2, 0.25) is 0 Å². The third kappa shape index (κ3) is 4.48. The van der Waals surface area contributed by atoms with E-state index in [4.69, 9.17) is 9.84 Å². The van der Waals surface area contributed by atoms with Crippen molar-refractivity contribution >= 4 is 34.8 Å². The van der Waals surface area contributed by atoms with E-state index in [2.05, 4.69) is 0 Å². The molecule has 1 heterocycles. The number of nitro benzene ring substituents is 1. The Balaban J connectivity index is 2.28. The molecule has 0 fully saturated rings. The molecule has 0 atom stereocenters. The number of aliphatic hydroxyl groups excluding tert-OH is 1. The number of nitrogens with zero attached hydrogens (tertiary/aromatic N) is 2. The number of aliphatic hydroxyl groups is 1. The Morgan fingerprint density at radius 2 is 1.92 bits per heavy atom. The first kappa shape index (κ1) is 20.1. The summed E-state index contributed by atoms with van der Waals surface area (Å²) in [6.45, 7) is 2.97. The average Bonchev–Trinajstić information content (AvgIpc) is 2.87. The molecule has 0 radical (unpaired) electrons. The molecule has 1 aromatic rings. The number of hydrogen-bond acceptors (Lipinski definition) is 7. The lowest BCUT2D eigenvalue weighted by atomic mass is 10.1. The van der Waals surface area contributed by atoms with E-state index in [1.165, 1.54) is 24.3 Å². The van der Waals surface area contributed by atoms with Crippen LogP contribution in [0.4, 0.5) is 5.69 Å². The van der Waals surface area contributed by atoms with Crippen LogP contribution in [0.1, 0.15) is 18.9 Å². The van der Waals surface area contributed by atoms with Crippen LogP contribution in [0.25, 0.3) is 5.57 Å². The van der Waals surface area contributed by atoms with E-state index >= 15 is 0 Å². The predicted molar refractivity (Wildman–Crippen MR) is 97.4 cm³/mol. The highest BCUT2D eigenvalue weighted by molar-refractivity contribution is 8.04. The van der Waals surface area contributed by atoms with Gasteiger partial charge in [0.1, 0.15) is 0 Å². The Hall–Kier alpha value is -2.23. The van der Waals surface area contributed by atoms with E-state index in [1.54, 1.807) is 0 Å². The van der Waals surface area contributed by atoms with Gasteiger partial charge in [-0.25, -0.2) is 0 Å². The van der Waals surface area contributed by atoms with Gasteiger partial charge in [-0.05, 0) is 31.0 Å². The number of thioether (sulfide) groups is 1. The summed E-state index contributed by atoms with van der Waals surface area (Å²) in [7, 11) is 0. The van der Waals surface area contributed by atoms with Crippen LogP contribution in [0.2, 0.25) is 0 Å². The molecule has 1 aromatic carbocycles. The van der Waals surface area contributed by atoms with Crippen molar-refractivity contribution < 1.29 is 24.4 Å². The zero-order valence-corrected chi connectivity index (χ0v) is 15.2. The molecule has 1 aliphatic heterocycles. The fourth-order valence-corrected chi connectivity index (χ4v) is 3.39. The van der Waals surface area contributed by atoms with Crippen molar-refractivity contribution in [3.8, 4) is 0 Å². The fourth-order valence-electron chi connectivity index (χ4n) is 2.51. The summed E-state index contributed by atoms with van der Waals surface area (Å²) in [5.74, 6) is -0.559. The van der Waals surface area contributed by atoms with Crippen LogP contribution >= 0.6 is 11.8 Å². The van der Waals surface area contributed by atoms with E-state index < -0.39 is 16.7 Å². The summed E-state index contributed by atoms with van der Waals surface area (Å²) < 4.78 is 5.24. The molecule has 140 valence electrons. The number of imide groups is 1. The molecule has 1 N–H and O–H groups in total. The third-order valence-corrected chi connectivity index (χ3v) is 4.76. The molecule has 9 heteroatoms. The summed E-state index contributed by atoms with van der Waals surface area (Å²) in [5, 5.41) is 19.9. The molecule has 0 spiro atoms. The van der Waals surface area contributed by atoms with Crippen LogP contribution < -0.4 is 0 Å². The summed E-state index contributed by atoms with van der Waals surface area (Å²) in [6, 6.07) is 5.52. The second-order valence-corrected chi connectivity index (χ2v) is 6.50. The number of carbonyl (C=O) groups excluding carboxylic acids is 2. The molecule has 2 rings (SSSR count). The van der Waals surface area contributed by atoms with Gasteiger partial charge in [0, 0.05) is 37.6 Å². The molecule has 0 aromatic heterocycles. The lowest BCUT2D eigenvalue weighted by molar-refractivity contribution is -0.384. The Morgan fingerprint density at radius 1 is 1.23 bits per heavy atom. The zero-order valence-electron chi connectivity index (χ0n) is 14.3. The van der Waals surface area contributed by atoms with E-state index in [-0.39, 0.29) is 35.1 Å². The fraction of sp³-hybridized carbons (Fsp3) is 0.412. The highest BCUT2D eigenvalue weighted by atomic mass is 32.2. The second-order valence-electron chi connectivity index (χ2n) is 5.39. The van der Waals surface area contributed by atoms with Gasteiger partial charge in [0.15, 0.2) is 0 Å². The van der Waals surface area contributed by atoms with Crippen LogP contribution in [-0.2, 0) is 14.3 Å². The molecule has 0 unspecified atom stereocenters. The van der Waals surface area contributed by atoms with E-state index in [1.807, 2.05) is 6.92 Å².